The van der Waals surface area contributed by atoms with Crippen LogP contribution < -0.4 is 29.5 Å². The smallest absolute Gasteiger partial charge is 0.870 e. The van der Waals surface area contributed by atoms with Gasteiger partial charge < -0.3 is 45.2 Å². The van der Waals surface area contributed by atoms with Crippen LogP contribution in [0.2, 0.25) is 0 Å². The van der Waals surface area contributed by atoms with Gasteiger partial charge >= 0.3 is 43.0 Å². The number of amides is 4. The van der Waals surface area contributed by atoms with Crippen LogP contribution in [-0.2, 0) is 33.4 Å². The second-order valence-corrected chi connectivity index (χ2v) is 18.9. The van der Waals surface area contributed by atoms with Crippen LogP contribution in [0.5, 0.6) is 0 Å². The van der Waals surface area contributed by atoms with E-state index >= 15 is 0 Å². The first-order valence-electron chi connectivity index (χ1n) is 18.4. The van der Waals surface area contributed by atoms with Gasteiger partial charge in [-0.15, -0.1) is 13.2 Å². The fourth-order valence-corrected chi connectivity index (χ4v) is 6.73. The summed E-state index contributed by atoms with van der Waals surface area (Å²) in [6, 6.07) is 0. The number of carboxylic acid groups (broad SMARTS) is 1. The van der Waals surface area contributed by atoms with Crippen molar-refractivity contribution in [2.24, 2.45) is 21.7 Å². The summed E-state index contributed by atoms with van der Waals surface area (Å²) < 4.78 is 16.2. The molecule has 56 heavy (non-hydrogen) atoms. The van der Waals surface area contributed by atoms with Crippen LogP contribution in [-0.4, -0.2) is 111 Å². The molecule has 16 heteroatoms. The topological polar surface area (TPSA) is 211 Å². The average molecular weight is 789 g/mol. The van der Waals surface area contributed by atoms with Gasteiger partial charge in [0.15, 0.2) is 0 Å². The first kappa shape index (κ1) is 54.6. The zero-order chi connectivity index (χ0) is 42.5. The molecule has 0 radical (unpaired) electrons. The summed E-state index contributed by atoms with van der Waals surface area (Å²) in [5, 5.41) is 15.8. The third-order valence-corrected chi connectivity index (χ3v) is 9.39. The van der Waals surface area contributed by atoms with Crippen LogP contribution in [0, 0.1) is 21.7 Å². The van der Waals surface area contributed by atoms with Gasteiger partial charge in [0.05, 0.1) is 17.4 Å². The van der Waals surface area contributed by atoms with Crippen LogP contribution in [0.15, 0.2) is 25.3 Å². The number of aliphatic carboxylic acids is 1. The molecule has 2 fully saturated rings. The molecule has 4 amide bonds. The molecular formula is C40H69LiN4O11. The second kappa shape index (κ2) is 19.3. The molecule has 2 rings (SSSR count). The normalized spacial score (nSPS) is 24.8. The number of esters is 1. The van der Waals surface area contributed by atoms with E-state index in [1.54, 1.807) is 68.4 Å². The van der Waals surface area contributed by atoms with Gasteiger partial charge in [-0.3, -0.25) is 19.2 Å². The molecular weight excluding hydrogens is 719 g/mol. The number of hydrogen-bond donors (Lipinski definition) is 3. The van der Waals surface area contributed by atoms with Gasteiger partial charge in [-0.2, -0.15) is 0 Å². The Balaban J connectivity index is 0. The summed E-state index contributed by atoms with van der Waals surface area (Å²) >= 11 is 0. The van der Waals surface area contributed by atoms with Crippen molar-refractivity contribution in [3.8, 4) is 0 Å². The zero-order valence-electron chi connectivity index (χ0n) is 37.0. The first-order valence-corrected chi connectivity index (χ1v) is 18.4. The standard InChI is InChI=1S/C21H36N2O5.C19H32N2O5.Li.H2O/c1-10-12-21(16(25)27-11-2)14-23(17(26)28-19(6,7)8)13-20(21,9)15(24)22-18(3,4)5;1-9-10-19(14(23)24)12-21(15(25)26-17(5,6)7)11-18(19,8)13(22)20-16(2,3)4;;/h10H,1,11-14H2,2-9H3,(H,22,24);9H,1,10-12H2,2-8H3,(H,20,22)(H,23,24);;1H2/q;;+1;/p-1/t20-,21-;18-,19-;;/m00../s1. The molecule has 316 valence electrons. The molecule has 0 aromatic rings. The van der Waals surface area contributed by atoms with Gasteiger partial charge in [-0.1, -0.05) is 12.2 Å². The molecule has 2 aliphatic rings. The van der Waals surface area contributed by atoms with Gasteiger partial charge in [0, 0.05) is 37.3 Å². The zero-order valence-corrected chi connectivity index (χ0v) is 37.0. The number of nitrogens with zero attached hydrogens (tertiary/aromatic N) is 2. The number of carbonyl (C=O) groups excluding carboxylic acids is 5. The van der Waals surface area contributed by atoms with E-state index < -0.39 is 74.0 Å². The molecule has 0 aliphatic carbocycles. The monoisotopic (exact) mass is 789 g/mol. The minimum Gasteiger partial charge on any atom is -0.870 e. The maximum absolute atomic E-state index is 13.3. The Bertz CT molecular complexity index is 1460. The van der Waals surface area contributed by atoms with Crippen LogP contribution in [0.25, 0.3) is 0 Å². The quantitative estimate of drug-likeness (QED) is 0.134. The van der Waals surface area contributed by atoms with Gasteiger partial charge in [0.1, 0.15) is 22.0 Å². The Morgan fingerprint density at radius 2 is 0.982 bits per heavy atom. The van der Waals surface area contributed by atoms with Crippen molar-refractivity contribution in [3.63, 3.8) is 0 Å². The third kappa shape index (κ3) is 13.0. The van der Waals surface area contributed by atoms with Gasteiger partial charge in [-0.25, -0.2) is 9.59 Å². The number of allylic oxidation sites excluding steroid dienone is 2. The predicted octanol–water partition coefficient (Wildman–Crippen LogP) is 2.92. The molecule has 0 aromatic heterocycles. The molecule has 15 nitrogen and oxygen atoms in total. The van der Waals surface area contributed by atoms with Crippen molar-refractivity contribution in [2.45, 2.75) is 139 Å². The van der Waals surface area contributed by atoms with E-state index in [-0.39, 0.29) is 75.9 Å². The Morgan fingerprint density at radius 1 is 0.661 bits per heavy atom. The van der Waals surface area contributed by atoms with Crippen molar-refractivity contribution in [3.05, 3.63) is 25.3 Å². The Kier molecular flexibility index (Phi) is 18.8. The van der Waals surface area contributed by atoms with E-state index in [0.717, 1.165) is 0 Å². The molecule has 0 bridgehead atoms. The van der Waals surface area contributed by atoms with Crippen molar-refractivity contribution >= 4 is 35.9 Å². The number of likely N-dealkylation sites (tertiary alicyclic amines) is 2. The van der Waals surface area contributed by atoms with Crippen LogP contribution >= 0.6 is 0 Å². The summed E-state index contributed by atoms with van der Waals surface area (Å²) in [6.07, 6.45) is 2.17. The van der Waals surface area contributed by atoms with E-state index in [1.807, 2.05) is 41.5 Å². The van der Waals surface area contributed by atoms with Crippen molar-refractivity contribution in [1.82, 2.24) is 20.4 Å². The van der Waals surface area contributed by atoms with Gasteiger partial charge in [0.2, 0.25) is 11.8 Å². The van der Waals surface area contributed by atoms with E-state index in [9.17, 15) is 33.9 Å². The third-order valence-electron chi connectivity index (χ3n) is 9.39. The average Bonchev–Trinajstić information content (AvgIpc) is 3.45. The number of ether oxygens (including phenoxy) is 3. The molecule has 2 saturated heterocycles. The molecule has 2 heterocycles. The fourth-order valence-electron chi connectivity index (χ4n) is 6.73. The summed E-state index contributed by atoms with van der Waals surface area (Å²) in [7, 11) is 0. The van der Waals surface area contributed by atoms with E-state index in [4.69, 9.17) is 14.2 Å². The maximum Gasteiger partial charge on any atom is 1.00 e. The summed E-state index contributed by atoms with van der Waals surface area (Å²) in [4.78, 5) is 79.6. The second-order valence-electron chi connectivity index (χ2n) is 18.9. The molecule has 0 saturated carbocycles. The van der Waals surface area contributed by atoms with Crippen LogP contribution in [0.1, 0.15) is 117 Å². The first-order chi connectivity index (χ1) is 24.2. The van der Waals surface area contributed by atoms with E-state index in [0.29, 0.717) is 0 Å². The Hall–Kier alpha value is -3.54. The van der Waals surface area contributed by atoms with Gasteiger partial charge in [-0.05, 0) is 117 Å². The van der Waals surface area contributed by atoms with Crippen molar-refractivity contribution in [1.29, 1.82) is 0 Å². The van der Waals surface area contributed by atoms with E-state index in [2.05, 4.69) is 23.8 Å². The maximum atomic E-state index is 13.3. The van der Waals surface area contributed by atoms with Crippen LogP contribution in [0.4, 0.5) is 9.59 Å². The summed E-state index contributed by atoms with van der Waals surface area (Å²) in [5.41, 5.74) is -7.65. The largest absolute Gasteiger partial charge is 1.00 e. The SMILES string of the molecule is C=CC[C@@]1(C(=O)O)CN(C(=O)OC(C)(C)C)C[C@@]1(C)C(=O)NC(C)(C)C.C=CC[C@@]1(C(=O)OCC)CN(C(=O)OC(C)(C)C)C[C@@]1(C)C(=O)NC(C)(C)C.[Li+].[OH-]. The Labute approximate surface area is 346 Å². The number of carboxylic acids is 1. The predicted molar refractivity (Wildman–Crippen MR) is 208 cm³/mol. The molecule has 4 N–H and O–H groups in total. The number of nitrogens with one attached hydrogen (secondary N) is 2. The van der Waals surface area contributed by atoms with Crippen LogP contribution in [0.3, 0.4) is 0 Å². The molecule has 0 unspecified atom stereocenters. The molecule has 0 aromatic carbocycles. The van der Waals surface area contributed by atoms with Crippen molar-refractivity contribution < 1.29 is 72.4 Å². The molecule has 4 atom stereocenters. The number of rotatable bonds is 9. The van der Waals surface area contributed by atoms with E-state index in [1.165, 1.54) is 15.9 Å². The summed E-state index contributed by atoms with van der Waals surface area (Å²) in [6.45, 7) is 34.2. The Morgan fingerprint density at radius 3 is 1.27 bits per heavy atom. The molecule has 2 aliphatic heterocycles. The fraction of sp³-hybridized carbons (Fsp3) is 0.750. The minimum atomic E-state index is -1.47. The van der Waals surface area contributed by atoms with Gasteiger partial charge in [0.25, 0.3) is 0 Å². The van der Waals surface area contributed by atoms with Crippen molar-refractivity contribution in [2.75, 3.05) is 32.8 Å². The summed E-state index contributed by atoms with van der Waals surface area (Å²) in [5.74, 6) is -2.34. The number of carbonyl (C=O) groups is 6. The number of hydrogen-bond acceptors (Lipinski definition) is 10. The minimum absolute atomic E-state index is 0. The molecule has 0 spiro atoms.